The molecule has 3 atom stereocenters. The van der Waals surface area contributed by atoms with Crippen LogP contribution in [-0.2, 0) is 14.2 Å². The maximum atomic E-state index is 12.8. The van der Waals surface area contributed by atoms with Gasteiger partial charge in [0.25, 0.3) is 0 Å². The number of rotatable bonds is 6. The van der Waals surface area contributed by atoms with Crippen LogP contribution < -0.4 is 0 Å². The second-order valence-electron chi connectivity index (χ2n) is 22.4. The van der Waals surface area contributed by atoms with Gasteiger partial charge in [-0.3, -0.25) is 19.7 Å². The van der Waals surface area contributed by atoms with E-state index < -0.39 is 16.8 Å². The number of hydrogen-bond acceptors (Lipinski definition) is 13. The Kier molecular flexibility index (Phi) is 13.4. The van der Waals surface area contributed by atoms with E-state index in [0.29, 0.717) is 43.2 Å². The standard InChI is InChI=1S/C35H41N5O6.C20H22IN3O4/c1-34(2,3)45-32(41)39-11-7-9-25(39)23-13-22(18-36-23)29-16-20-14-28-21(15-27(20)43-29)17-30(44-28)24-19-37-31(38-24)26-10-8-12-40(26)33(42)46-35(4,5)6;1-20(2,3)28-19(26)24-6-4-5-14(24)18-22-10-13(23-18)17-8-11-7-15(25)12(21)9-16(11)27-17/h14-19,25-26H,7-13H2,1-6H3,(H,37,38);7-10,14,25H,4-6H2,1-3H3,(H,22,23)/t25-,26-;14-/m00/s1. The molecule has 3 N–H and O–H groups in total. The summed E-state index contributed by atoms with van der Waals surface area (Å²) >= 11 is 2.06. The van der Waals surface area contributed by atoms with E-state index in [9.17, 15) is 19.5 Å². The number of nitrogens with zero attached hydrogens (tertiary/aromatic N) is 6. The van der Waals surface area contributed by atoms with E-state index in [2.05, 4.69) is 42.5 Å². The molecule has 0 aliphatic carbocycles. The fourth-order valence-corrected chi connectivity index (χ4v) is 10.4. The van der Waals surface area contributed by atoms with Crippen LogP contribution in [0, 0.1) is 3.57 Å². The van der Waals surface area contributed by atoms with Crippen molar-refractivity contribution in [3.05, 3.63) is 82.0 Å². The first-order valence-electron chi connectivity index (χ1n) is 25.3. The number of halogens is 1. The number of ether oxygens (including phenoxy) is 3. The average molecular weight is 1120 g/mol. The summed E-state index contributed by atoms with van der Waals surface area (Å²) in [6, 6.07) is 12.9. The van der Waals surface area contributed by atoms with Crippen molar-refractivity contribution in [3.63, 3.8) is 0 Å². The van der Waals surface area contributed by atoms with Gasteiger partial charge in [-0.05, 0) is 166 Å². The summed E-state index contributed by atoms with van der Waals surface area (Å²) in [6.07, 6.45) is 10.3. The molecule has 18 nitrogen and oxygen atoms in total. The first kappa shape index (κ1) is 50.7. The van der Waals surface area contributed by atoms with Gasteiger partial charge in [0, 0.05) is 59.7 Å². The number of nitrogens with one attached hydrogen (secondary N) is 2. The van der Waals surface area contributed by atoms with Gasteiger partial charge in [0.05, 0.1) is 34.1 Å². The van der Waals surface area contributed by atoms with Crippen molar-refractivity contribution in [1.82, 2.24) is 34.6 Å². The van der Waals surface area contributed by atoms with E-state index in [1.807, 2.05) is 98.8 Å². The Bertz CT molecular complexity index is 3250. The molecule has 3 amide bonds. The highest BCUT2D eigenvalue weighted by atomic mass is 127. The largest absolute Gasteiger partial charge is 0.507 e. The van der Waals surface area contributed by atoms with Gasteiger partial charge >= 0.3 is 18.3 Å². The maximum Gasteiger partial charge on any atom is 0.410 e. The third-order valence-corrected chi connectivity index (χ3v) is 14.1. The molecule has 390 valence electrons. The topological polar surface area (TPSA) is 218 Å². The number of fused-ring (bicyclic) bond motifs is 3. The Morgan fingerprint density at radius 3 is 1.47 bits per heavy atom. The minimum Gasteiger partial charge on any atom is -0.507 e. The van der Waals surface area contributed by atoms with Crippen LogP contribution in [0.5, 0.6) is 5.75 Å². The first-order chi connectivity index (χ1) is 35.0. The van der Waals surface area contributed by atoms with Gasteiger partial charge in [-0.2, -0.15) is 0 Å². The molecule has 9 heterocycles. The smallest absolute Gasteiger partial charge is 0.410 e. The van der Waals surface area contributed by atoms with Gasteiger partial charge in [-0.1, -0.05) is 0 Å². The zero-order valence-corrected chi connectivity index (χ0v) is 45.4. The highest BCUT2D eigenvalue weighted by molar-refractivity contribution is 14.1. The first-order valence-corrected chi connectivity index (χ1v) is 26.3. The number of aliphatic imine (C=N–C) groups is 1. The van der Waals surface area contributed by atoms with Crippen molar-refractivity contribution in [2.75, 3.05) is 19.6 Å². The Labute approximate surface area is 442 Å². The minimum absolute atomic E-state index is 0.0641. The van der Waals surface area contributed by atoms with Crippen molar-refractivity contribution < 1.29 is 47.0 Å². The number of allylic oxidation sites excluding steroid dienone is 1. The summed E-state index contributed by atoms with van der Waals surface area (Å²) in [5.74, 6) is 3.72. The lowest BCUT2D eigenvalue weighted by Gasteiger charge is -2.28. The molecular formula is C55H63IN8O10. The van der Waals surface area contributed by atoms with Crippen molar-refractivity contribution in [3.8, 4) is 28.7 Å². The number of amides is 3. The van der Waals surface area contributed by atoms with Gasteiger partial charge in [0.1, 0.15) is 68.1 Å². The quantitative estimate of drug-likeness (QED) is 0.105. The van der Waals surface area contributed by atoms with Crippen LogP contribution in [0.1, 0.15) is 137 Å². The highest BCUT2D eigenvalue weighted by Crippen LogP contribution is 2.39. The number of benzene rings is 2. The fourth-order valence-electron chi connectivity index (χ4n) is 9.94. The Balaban J connectivity index is 0.000000191. The predicted octanol–water partition coefficient (Wildman–Crippen LogP) is 13.4. The number of furan rings is 3. The van der Waals surface area contributed by atoms with E-state index in [0.717, 1.165) is 110 Å². The summed E-state index contributed by atoms with van der Waals surface area (Å²) in [4.78, 5) is 63.9. The monoisotopic (exact) mass is 1120 g/mol. The molecule has 0 radical (unpaired) electrons. The third kappa shape index (κ3) is 10.9. The number of likely N-dealkylation sites (tertiary alicyclic amines) is 3. The molecule has 0 spiro atoms. The van der Waals surface area contributed by atoms with Crippen molar-refractivity contribution in [2.24, 2.45) is 4.99 Å². The van der Waals surface area contributed by atoms with Crippen LogP contribution in [0.25, 0.3) is 61.4 Å². The lowest BCUT2D eigenvalue weighted by atomic mass is 10.0. The summed E-state index contributed by atoms with van der Waals surface area (Å²) in [5, 5.41) is 12.5. The number of phenolic OH excluding ortho intramolecular Hbond substituents is 1. The van der Waals surface area contributed by atoms with E-state index in [1.165, 1.54) is 0 Å². The minimum atomic E-state index is -0.557. The van der Waals surface area contributed by atoms with Gasteiger partial charge in [-0.25, -0.2) is 24.4 Å². The number of aromatic hydroxyl groups is 1. The number of imidazole rings is 2. The SMILES string of the molecule is CC(C)(C)OC(=O)N1CCC[C@H]1C1=NC=C(c2cc3cc4oc(-c5cnc([C@@H]6CCCN6C(=O)OC(C)(C)C)[nH]5)cc4cc3o2)C1.CC(C)(C)OC(=O)N1CCC[C@H]1c1ncc(-c2cc3cc(O)c(I)cc3o2)[nH]1. The lowest BCUT2D eigenvalue weighted by molar-refractivity contribution is 0.0208. The zero-order valence-electron chi connectivity index (χ0n) is 43.3. The molecular weight excluding hydrogens is 1060 g/mol. The summed E-state index contributed by atoms with van der Waals surface area (Å²) in [7, 11) is 0. The molecule has 7 aromatic rings. The lowest BCUT2D eigenvalue weighted by Crippen LogP contribution is -2.43. The number of carbonyl (C=O) groups excluding carboxylic acids is 3. The molecule has 19 heteroatoms. The van der Waals surface area contributed by atoms with Crippen LogP contribution in [0.2, 0.25) is 0 Å². The molecule has 3 fully saturated rings. The van der Waals surface area contributed by atoms with Crippen LogP contribution in [-0.4, -0.2) is 106 Å². The Morgan fingerprint density at radius 1 is 0.595 bits per heavy atom. The second kappa shape index (κ2) is 19.5. The zero-order chi connectivity index (χ0) is 52.4. The van der Waals surface area contributed by atoms with Crippen molar-refractivity contribution >= 4 is 85.1 Å². The molecule has 4 aliphatic heterocycles. The molecule has 0 unspecified atom stereocenters. The number of hydrogen-bond donors (Lipinski definition) is 3. The molecule has 3 saturated heterocycles. The maximum absolute atomic E-state index is 12.8. The van der Waals surface area contributed by atoms with E-state index >= 15 is 0 Å². The van der Waals surface area contributed by atoms with Gasteiger partial charge in [0.2, 0.25) is 0 Å². The molecule has 2 aromatic carbocycles. The Morgan fingerprint density at radius 2 is 1.00 bits per heavy atom. The fraction of sp³-hybridized carbons (Fsp3) is 0.455. The molecule has 5 aromatic heterocycles. The van der Waals surface area contributed by atoms with E-state index in [1.54, 1.807) is 39.2 Å². The number of H-pyrrole nitrogens is 2. The second-order valence-corrected chi connectivity index (χ2v) is 23.6. The van der Waals surface area contributed by atoms with Crippen LogP contribution >= 0.6 is 22.6 Å². The summed E-state index contributed by atoms with van der Waals surface area (Å²) in [6.45, 7) is 18.8. The van der Waals surface area contributed by atoms with Crippen molar-refractivity contribution in [1.29, 1.82) is 0 Å². The van der Waals surface area contributed by atoms with Gasteiger partial charge < -0.3 is 42.5 Å². The van der Waals surface area contributed by atoms with Gasteiger partial charge in [0.15, 0.2) is 11.5 Å². The van der Waals surface area contributed by atoms with Crippen LogP contribution in [0.3, 0.4) is 0 Å². The number of aromatic nitrogens is 4. The van der Waals surface area contributed by atoms with Gasteiger partial charge in [-0.15, -0.1) is 0 Å². The molecule has 74 heavy (non-hydrogen) atoms. The number of phenols is 1. The molecule has 0 saturated carbocycles. The average Bonchev–Trinajstić information content (AvgIpc) is 4.15. The summed E-state index contributed by atoms with van der Waals surface area (Å²) < 4.78 is 36.0. The highest BCUT2D eigenvalue weighted by Gasteiger charge is 2.38. The molecule has 4 aliphatic rings. The summed E-state index contributed by atoms with van der Waals surface area (Å²) in [5.41, 5.74) is 3.98. The number of carbonyl (C=O) groups is 3. The van der Waals surface area contributed by atoms with E-state index in [4.69, 9.17) is 32.5 Å². The van der Waals surface area contributed by atoms with Crippen molar-refractivity contribution in [2.45, 2.75) is 142 Å². The van der Waals surface area contributed by atoms with Crippen LogP contribution in [0.15, 0.2) is 79.3 Å². The molecule has 0 bridgehead atoms. The van der Waals surface area contributed by atoms with Crippen LogP contribution in [0.4, 0.5) is 14.4 Å². The Hall–Kier alpha value is -6.77. The third-order valence-electron chi connectivity index (χ3n) is 13.2. The normalized spacial score (nSPS) is 19.4. The predicted molar refractivity (Wildman–Crippen MR) is 288 cm³/mol. The molecule has 11 rings (SSSR count). The van der Waals surface area contributed by atoms with E-state index in [-0.39, 0.29) is 42.2 Å². The number of aromatic amines is 2.